The molecule has 1 saturated heterocycles. The summed E-state index contributed by atoms with van der Waals surface area (Å²) >= 11 is 0. The molecule has 14 heteroatoms. The molecule has 0 saturated carbocycles. The van der Waals surface area contributed by atoms with E-state index in [4.69, 9.17) is 4.74 Å². The standard InChI is InChI=1S/C40H67N5O9/c1-13-15-16-25(6)19-26(7)37(50)42(11)31(20-24(5)14-2)36(49)41-34(28(9)54-29(10)46)39(52)43(12)35(23(3)4)40(53)44-22-30(47)21-32(44)38(51)45-27(8)17-18-33(45)48/h17-18,23-28,30-32,34-35,47H,13-16,19-22H2,1-12H3,(H,41,49)/t24?,25-,26-,27+,28-,30+,31+,32+,34+,35+/m1/s1. The maximum absolute atomic E-state index is 14.5. The number of likely N-dealkylation sites (tertiary alicyclic amines) is 1. The van der Waals surface area contributed by atoms with Crippen molar-refractivity contribution in [2.24, 2.45) is 23.7 Å². The van der Waals surface area contributed by atoms with Crippen molar-refractivity contribution in [1.82, 2.24) is 24.9 Å². The molecule has 6 amide bonds. The normalized spacial score (nSPS) is 22.3. The summed E-state index contributed by atoms with van der Waals surface area (Å²) < 4.78 is 5.43. The second-order valence-electron chi connectivity index (χ2n) is 16.1. The van der Waals surface area contributed by atoms with Crippen molar-refractivity contribution < 1.29 is 43.4 Å². The van der Waals surface area contributed by atoms with Crippen molar-refractivity contribution in [1.29, 1.82) is 0 Å². The van der Waals surface area contributed by atoms with E-state index >= 15 is 0 Å². The lowest BCUT2D eigenvalue weighted by molar-refractivity contribution is -0.157. The van der Waals surface area contributed by atoms with Gasteiger partial charge in [0.25, 0.3) is 11.8 Å². The van der Waals surface area contributed by atoms with Gasteiger partial charge in [-0.2, -0.15) is 0 Å². The molecule has 54 heavy (non-hydrogen) atoms. The molecular weight excluding hydrogens is 694 g/mol. The third kappa shape index (κ3) is 11.8. The number of esters is 1. The number of unbranched alkanes of at least 4 members (excludes halogenated alkanes) is 1. The fraction of sp³-hybridized carbons (Fsp3) is 0.775. The molecule has 1 unspecified atom stereocenters. The molecule has 0 spiro atoms. The van der Waals surface area contributed by atoms with Gasteiger partial charge in [-0.25, -0.2) is 0 Å². The highest BCUT2D eigenvalue weighted by Gasteiger charge is 2.48. The van der Waals surface area contributed by atoms with Crippen molar-refractivity contribution in [3.8, 4) is 0 Å². The fourth-order valence-corrected chi connectivity index (χ4v) is 7.60. The maximum atomic E-state index is 14.5. The molecule has 0 aromatic carbocycles. The average molecular weight is 762 g/mol. The first-order chi connectivity index (χ1) is 25.2. The summed E-state index contributed by atoms with van der Waals surface area (Å²) in [5.41, 5.74) is 0. The molecule has 0 aromatic heterocycles. The SMILES string of the molecule is CCCC[C@@H](C)C[C@@H](C)C(=O)N(C)[C@@H](CC(C)CC)C(=O)N[C@H](C(=O)N(C)[C@H](C(=O)N1C[C@@H](O)C[C@H]1C(=O)N1C(=O)C=C[C@@H]1C)C(C)C)[C@@H](C)OC(C)=O. The fourth-order valence-electron chi connectivity index (χ4n) is 7.60. The number of carbonyl (C=O) groups excluding carboxylic acids is 7. The van der Waals surface area contributed by atoms with Crippen molar-refractivity contribution in [2.75, 3.05) is 20.6 Å². The Balaban J connectivity index is 2.44. The van der Waals surface area contributed by atoms with Crippen LogP contribution in [0.5, 0.6) is 0 Å². The predicted molar refractivity (Wildman–Crippen MR) is 204 cm³/mol. The van der Waals surface area contributed by atoms with Crippen LogP contribution in [0.3, 0.4) is 0 Å². The zero-order chi connectivity index (χ0) is 41.2. The van der Waals surface area contributed by atoms with Crippen LogP contribution in [0.25, 0.3) is 0 Å². The number of hydrogen-bond donors (Lipinski definition) is 2. The second kappa shape index (κ2) is 20.8. The summed E-state index contributed by atoms with van der Waals surface area (Å²) in [5.74, 6) is -4.39. The number of hydrogen-bond acceptors (Lipinski definition) is 9. The van der Waals surface area contributed by atoms with E-state index in [1.165, 1.54) is 41.7 Å². The largest absolute Gasteiger partial charge is 0.460 e. The highest BCUT2D eigenvalue weighted by atomic mass is 16.5. The van der Waals surface area contributed by atoms with E-state index in [2.05, 4.69) is 19.2 Å². The number of ether oxygens (including phenoxy) is 1. The number of amides is 6. The summed E-state index contributed by atoms with van der Waals surface area (Å²) in [6, 6.07) is -5.19. The number of imide groups is 1. The Morgan fingerprint density at radius 1 is 0.963 bits per heavy atom. The van der Waals surface area contributed by atoms with Gasteiger partial charge < -0.3 is 29.9 Å². The third-order valence-electron chi connectivity index (χ3n) is 10.9. The lowest BCUT2D eigenvalue weighted by atomic mass is 9.91. The molecule has 1 fully saturated rings. The van der Waals surface area contributed by atoms with Gasteiger partial charge in [0.05, 0.1) is 12.1 Å². The first-order valence-corrected chi connectivity index (χ1v) is 19.7. The van der Waals surface area contributed by atoms with E-state index in [1.807, 2.05) is 20.8 Å². The number of aliphatic hydroxyl groups is 1. The predicted octanol–water partition coefficient (Wildman–Crippen LogP) is 3.30. The second-order valence-corrected chi connectivity index (χ2v) is 16.1. The quantitative estimate of drug-likeness (QED) is 0.148. The molecule has 2 aliphatic heterocycles. The Morgan fingerprint density at radius 3 is 2.11 bits per heavy atom. The monoisotopic (exact) mass is 761 g/mol. The van der Waals surface area contributed by atoms with Crippen LogP contribution < -0.4 is 5.32 Å². The van der Waals surface area contributed by atoms with Crippen molar-refractivity contribution in [2.45, 2.75) is 157 Å². The van der Waals surface area contributed by atoms with Crippen LogP contribution in [0.1, 0.15) is 114 Å². The summed E-state index contributed by atoms with van der Waals surface area (Å²) in [4.78, 5) is 99.9. The zero-order valence-electron chi connectivity index (χ0n) is 34.7. The molecule has 2 heterocycles. The summed E-state index contributed by atoms with van der Waals surface area (Å²) in [7, 11) is 3.00. The molecule has 0 aliphatic carbocycles. The lowest BCUT2D eigenvalue weighted by Gasteiger charge is -2.38. The highest BCUT2D eigenvalue weighted by molar-refractivity contribution is 6.06. The summed E-state index contributed by atoms with van der Waals surface area (Å²) in [5, 5.41) is 13.4. The Hall–Kier alpha value is -3.81. The number of rotatable bonds is 19. The van der Waals surface area contributed by atoms with Crippen molar-refractivity contribution >= 4 is 41.4 Å². The number of nitrogens with one attached hydrogen (secondary N) is 1. The number of likely N-dealkylation sites (N-methyl/N-ethyl adjacent to an activating group) is 2. The molecule has 306 valence electrons. The van der Waals surface area contributed by atoms with Gasteiger partial charge in [-0.3, -0.25) is 38.5 Å². The zero-order valence-corrected chi connectivity index (χ0v) is 34.7. The molecule has 2 rings (SSSR count). The van der Waals surface area contributed by atoms with Gasteiger partial charge >= 0.3 is 5.97 Å². The minimum atomic E-state index is -1.44. The molecule has 0 bridgehead atoms. The summed E-state index contributed by atoms with van der Waals surface area (Å²) in [6.07, 6.45) is 5.49. The van der Waals surface area contributed by atoms with Gasteiger partial charge in [0.2, 0.25) is 23.6 Å². The van der Waals surface area contributed by atoms with Crippen LogP contribution in [-0.4, -0.2) is 129 Å². The van der Waals surface area contributed by atoms with Crippen LogP contribution >= 0.6 is 0 Å². The van der Waals surface area contributed by atoms with Crippen LogP contribution in [0.4, 0.5) is 0 Å². The Bertz CT molecular complexity index is 1380. The minimum Gasteiger partial charge on any atom is -0.460 e. The van der Waals surface area contributed by atoms with Crippen molar-refractivity contribution in [3.63, 3.8) is 0 Å². The third-order valence-corrected chi connectivity index (χ3v) is 10.9. The average Bonchev–Trinajstić information content (AvgIpc) is 3.66. The Morgan fingerprint density at radius 2 is 1.59 bits per heavy atom. The molecule has 2 aliphatic rings. The molecule has 10 atom stereocenters. The van der Waals surface area contributed by atoms with E-state index in [-0.39, 0.29) is 30.7 Å². The highest BCUT2D eigenvalue weighted by Crippen LogP contribution is 2.27. The van der Waals surface area contributed by atoms with Gasteiger partial charge in [0.15, 0.2) is 0 Å². The van der Waals surface area contributed by atoms with E-state index in [1.54, 1.807) is 33.9 Å². The molecule has 2 N–H and O–H groups in total. The van der Waals surface area contributed by atoms with Crippen LogP contribution in [0.2, 0.25) is 0 Å². The molecule has 0 radical (unpaired) electrons. The number of aliphatic hydroxyl groups excluding tert-OH is 1. The van der Waals surface area contributed by atoms with E-state index < -0.39 is 83.8 Å². The molecule has 0 aromatic rings. The first-order valence-electron chi connectivity index (χ1n) is 19.7. The van der Waals surface area contributed by atoms with Crippen LogP contribution in [-0.2, 0) is 38.3 Å². The molecular formula is C40H67N5O9. The Kier molecular flexibility index (Phi) is 17.8. The van der Waals surface area contributed by atoms with E-state index in [0.29, 0.717) is 18.8 Å². The van der Waals surface area contributed by atoms with Crippen LogP contribution in [0, 0.1) is 23.7 Å². The first kappa shape index (κ1) is 46.3. The Labute approximate surface area is 322 Å². The van der Waals surface area contributed by atoms with E-state index in [0.717, 1.165) is 30.6 Å². The minimum absolute atomic E-state index is 0.0570. The van der Waals surface area contributed by atoms with Gasteiger partial charge in [-0.15, -0.1) is 0 Å². The summed E-state index contributed by atoms with van der Waals surface area (Å²) in [6.45, 7) is 17.7. The maximum Gasteiger partial charge on any atom is 0.302 e. The van der Waals surface area contributed by atoms with Crippen molar-refractivity contribution in [3.05, 3.63) is 12.2 Å². The number of nitrogens with zero attached hydrogens (tertiary/aromatic N) is 4. The molecule has 14 nitrogen and oxygen atoms in total. The number of β-amino-alcohol motifs (C(OH)–C–C–N with tert-alkyl or cyclic N) is 1. The van der Waals surface area contributed by atoms with Gasteiger partial charge in [0, 0.05) is 46.0 Å². The van der Waals surface area contributed by atoms with Crippen LogP contribution in [0.15, 0.2) is 12.2 Å². The smallest absolute Gasteiger partial charge is 0.302 e. The van der Waals surface area contributed by atoms with Gasteiger partial charge in [-0.1, -0.05) is 80.2 Å². The lowest BCUT2D eigenvalue weighted by Crippen LogP contribution is -2.62. The van der Waals surface area contributed by atoms with E-state index in [9.17, 15) is 38.7 Å². The topological polar surface area (TPSA) is 174 Å². The number of carbonyl (C=O) groups is 7. The van der Waals surface area contributed by atoms with Gasteiger partial charge in [-0.05, 0) is 44.4 Å². The van der Waals surface area contributed by atoms with Gasteiger partial charge in [0.1, 0.15) is 30.3 Å².